The van der Waals surface area contributed by atoms with Gasteiger partial charge in [0.2, 0.25) is 0 Å². The SMILES string of the molecule is C[C@@H]1CCCN(C2CCN(C(=O)c3cnc(NCc4ccccc4)s3)CC2)C1. The van der Waals surface area contributed by atoms with E-state index < -0.39 is 0 Å². The van der Waals surface area contributed by atoms with Crippen LogP contribution in [0, 0.1) is 5.92 Å². The molecule has 0 radical (unpaired) electrons. The third-order valence-electron chi connectivity index (χ3n) is 5.96. The number of carbonyl (C=O) groups excluding carboxylic acids is 1. The largest absolute Gasteiger partial charge is 0.357 e. The van der Waals surface area contributed by atoms with Gasteiger partial charge in [-0.05, 0) is 43.7 Å². The van der Waals surface area contributed by atoms with Crippen LogP contribution in [0.5, 0.6) is 0 Å². The van der Waals surface area contributed by atoms with Gasteiger partial charge in [-0.1, -0.05) is 48.6 Å². The predicted octanol–water partition coefficient (Wildman–Crippen LogP) is 4.09. The minimum atomic E-state index is 0.135. The molecule has 2 saturated heterocycles. The molecule has 2 aliphatic heterocycles. The third-order valence-corrected chi connectivity index (χ3v) is 6.90. The van der Waals surface area contributed by atoms with Gasteiger partial charge >= 0.3 is 0 Å². The van der Waals surface area contributed by atoms with Crippen LogP contribution in [-0.2, 0) is 6.54 Å². The van der Waals surface area contributed by atoms with E-state index in [9.17, 15) is 4.79 Å². The number of anilines is 1. The maximum atomic E-state index is 12.9. The first-order valence-corrected chi connectivity index (χ1v) is 11.3. The van der Waals surface area contributed by atoms with Gasteiger partial charge in [-0.3, -0.25) is 9.69 Å². The fraction of sp³-hybridized carbons (Fsp3) is 0.545. The summed E-state index contributed by atoms with van der Waals surface area (Å²) >= 11 is 1.46. The number of amides is 1. The van der Waals surface area contributed by atoms with E-state index in [0.29, 0.717) is 6.04 Å². The monoisotopic (exact) mass is 398 g/mol. The van der Waals surface area contributed by atoms with E-state index in [-0.39, 0.29) is 5.91 Å². The number of thiazole rings is 1. The zero-order valence-corrected chi connectivity index (χ0v) is 17.5. The van der Waals surface area contributed by atoms with Gasteiger partial charge < -0.3 is 10.2 Å². The van der Waals surface area contributed by atoms with Gasteiger partial charge in [-0.15, -0.1) is 0 Å². The molecule has 0 saturated carbocycles. The second-order valence-corrected chi connectivity index (χ2v) is 9.17. The van der Waals surface area contributed by atoms with Crippen molar-refractivity contribution in [3.05, 3.63) is 47.0 Å². The van der Waals surface area contributed by atoms with Gasteiger partial charge in [0.15, 0.2) is 5.13 Å². The van der Waals surface area contributed by atoms with Crippen LogP contribution in [0.15, 0.2) is 36.5 Å². The molecule has 1 atom stereocenters. The fourth-order valence-corrected chi connectivity index (χ4v) is 5.16. The number of likely N-dealkylation sites (tertiary alicyclic amines) is 2. The van der Waals surface area contributed by atoms with Crippen LogP contribution in [0.4, 0.5) is 5.13 Å². The smallest absolute Gasteiger partial charge is 0.265 e. The first-order valence-electron chi connectivity index (χ1n) is 10.5. The maximum absolute atomic E-state index is 12.9. The van der Waals surface area contributed by atoms with E-state index in [1.807, 2.05) is 23.1 Å². The van der Waals surface area contributed by atoms with Crippen molar-refractivity contribution in [2.75, 3.05) is 31.5 Å². The molecule has 2 aliphatic rings. The van der Waals surface area contributed by atoms with Crippen LogP contribution in [0.2, 0.25) is 0 Å². The molecule has 0 bridgehead atoms. The number of nitrogens with zero attached hydrogens (tertiary/aromatic N) is 3. The Bertz CT molecular complexity index is 770. The van der Waals surface area contributed by atoms with Crippen molar-refractivity contribution in [3.63, 3.8) is 0 Å². The minimum Gasteiger partial charge on any atom is -0.357 e. The highest BCUT2D eigenvalue weighted by molar-refractivity contribution is 7.17. The molecule has 1 amide bonds. The van der Waals surface area contributed by atoms with Crippen molar-refractivity contribution in [2.45, 2.75) is 45.2 Å². The average Bonchev–Trinajstić information content (AvgIpc) is 3.22. The van der Waals surface area contributed by atoms with Crippen LogP contribution in [-0.4, -0.2) is 52.9 Å². The molecular formula is C22H30N4OS. The Hall–Kier alpha value is -1.92. The molecule has 6 heteroatoms. The molecule has 4 rings (SSSR count). The maximum Gasteiger partial charge on any atom is 0.265 e. The number of nitrogens with one attached hydrogen (secondary N) is 1. The zero-order valence-electron chi connectivity index (χ0n) is 16.6. The molecule has 1 aromatic heterocycles. The van der Waals surface area contributed by atoms with Gasteiger partial charge in [0.1, 0.15) is 4.88 Å². The van der Waals surface area contributed by atoms with Crippen molar-refractivity contribution in [1.82, 2.24) is 14.8 Å². The number of hydrogen-bond acceptors (Lipinski definition) is 5. The Morgan fingerprint density at radius 2 is 1.96 bits per heavy atom. The number of hydrogen-bond donors (Lipinski definition) is 1. The van der Waals surface area contributed by atoms with Gasteiger partial charge in [0, 0.05) is 32.2 Å². The first-order chi connectivity index (χ1) is 13.7. The molecule has 0 aliphatic carbocycles. The second-order valence-electron chi connectivity index (χ2n) is 8.13. The molecular weight excluding hydrogens is 368 g/mol. The highest BCUT2D eigenvalue weighted by Crippen LogP contribution is 2.26. The normalized spacial score (nSPS) is 21.6. The minimum absolute atomic E-state index is 0.135. The molecule has 150 valence electrons. The lowest BCUT2D eigenvalue weighted by molar-refractivity contribution is 0.0545. The van der Waals surface area contributed by atoms with Crippen molar-refractivity contribution in [2.24, 2.45) is 5.92 Å². The molecule has 28 heavy (non-hydrogen) atoms. The summed E-state index contributed by atoms with van der Waals surface area (Å²) in [5, 5.41) is 4.13. The lowest BCUT2D eigenvalue weighted by Gasteiger charge is -2.41. The van der Waals surface area contributed by atoms with Crippen molar-refractivity contribution in [1.29, 1.82) is 0 Å². The third kappa shape index (κ3) is 4.73. The predicted molar refractivity (Wildman–Crippen MR) is 115 cm³/mol. The molecule has 2 fully saturated rings. The van der Waals surface area contributed by atoms with E-state index >= 15 is 0 Å². The number of carbonyl (C=O) groups is 1. The van der Waals surface area contributed by atoms with Gasteiger partial charge in [-0.2, -0.15) is 0 Å². The summed E-state index contributed by atoms with van der Waals surface area (Å²) in [5.74, 6) is 0.947. The summed E-state index contributed by atoms with van der Waals surface area (Å²) in [6.45, 7) is 7.26. The summed E-state index contributed by atoms with van der Waals surface area (Å²) in [4.78, 5) is 22.7. The topological polar surface area (TPSA) is 48.5 Å². The summed E-state index contributed by atoms with van der Waals surface area (Å²) in [6, 6.07) is 10.9. The number of piperidine rings is 2. The van der Waals surface area contributed by atoms with Crippen LogP contribution < -0.4 is 5.32 Å². The van der Waals surface area contributed by atoms with Crippen molar-refractivity contribution >= 4 is 22.4 Å². The van der Waals surface area contributed by atoms with E-state index in [4.69, 9.17) is 0 Å². The van der Waals surface area contributed by atoms with E-state index in [1.54, 1.807) is 6.20 Å². The average molecular weight is 399 g/mol. The van der Waals surface area contributed by atoms with E-state index in [2.05, 4.69) is 34.3 Å². The summed E-state index contributed by atoms with van der Waals surface area (Å²) in [5.41, 5.74) is 1.21. The van der Waals surface area contributed by atoms with E-state index in [0.717, 1.165) is 48.4 Å². The molecule has 1 N–H and O–H groups in total. The van der Waals surface area contributed by atoms with Gasteiger partial charge in [0.25, 0.3) is 5.91 Å². The van der Waals surface area contributed by atoms with Gasteiger partial charge in [0.05, 0.1) is 6.20 Å². The summed E-state index contributed by atoms with van der Waals surface area (Å²) in [6.07, 6.45) is 6.59. The van der Waals surface area contributed by atoms with Crippen LogP contribution in [0.1, 0.15) is 47.8 Å². The van der Waals surface area contributed by atoms with Crippen molar-refractivity contribution in [3.8, 4) is 0 Å². The summed E-state index contributed by atoms with van der Waals surface area (Å²) in [7, 11) is 0. The van der Waals surface area contributed by atoms with Crippen LogP contribution in [0.25, 0.3) is 0 Å². The quantitative estimate of drug-likeness (QED) is 0.824. The van der Waals surface area contributed by atoms with E-state index in [1.165, 1.54) is 42.8 Å². The molecule has 0 spiro atoms. The molecule has 0 unspecified atom stereocenters. The van der Waals surface area contributed by atoms with Crippen LogP contribution >= 0.6 is 11.3 Å². The Kier molecular flexibility index (Phi) is 6.27. The van der Waals surface area contributed by atoms with Crippen LogP contribution in [0.3, 0.4) is 0 Å². The fourth-order valence-electron chi connectivity index (χ4n) is 4.38. The highest BCUT2D eigenvalue weighted by Gasteiger charge is 2.30. The first kappa shape index (κ1) is 19.4. The van der Waals surface area contributed by atoms with Crippen molar-refractivity contribution < 1.29 is 4.79 Å². The lowest BCUT2D eigenvalue weighted by atomic mass is 9.95. The zero-order chi connectivity index (χ0) is 19.3. The standard InChI is InChI=1S/C22H30N4OS/c1-17-6-5-11-26(16-17)19-9-12-25(13-10-19)21(27)20-15-24-22(28-20)23-14-18-7-3-2-4-8-18/h2-4,7-8,15,17,19H,5-6,9-14,16H2,1H3,(H,23,24)/t17-/m1/s1. The Morgan fingerprint density at radius 3 is 2.71 bits per heavy atom. The van der Waals surface area contributed by atoms with Gasteiger partial charge in [-0.25, -0.2) is 4.98 Å². The Labute approximate surface area is 171 Å². The number of rotatable bonds is 5. The number of benzene rings is 1. The summed E-state index contributed by atoms with van der Waals surface area (Å²) < 4.78 is 0. The molecule has 2 aromatic rings. The molecule has 3 heterocycles. The Morgan fingerprint density at radius 1 is 1.18 bits per heavy atom. The Balaban J connectivity index is 1.28. The molecule has 5 nitrogen and oxygen atoms in total. The molecule has 1 aromatic carbocycles. The second kappa shape index (κ2) is 9.05. The lowest BCUT2D eigenvalue weighted by Crippen LogP contribution is -2.49. The highest BCUT2D eigenvalue weighted by atomic mass is 32.1. The number of aromatic nitrogens is 1.